The van der Waals surface area contributed by atoms with Crippen LogP contribution >= 0.6 is 0 Å². The summed E-state index contributed by atoms with van der Waals surface area (Å²) in [6.07, 6.45) is 4.76. The van der Waals surface area contributed by atoms with E-state index in [4.69, 9.17) is 14.2 Å². The number of carbonyl (C=O) groups excluding carboxylic acids is 3. The molecule has 7 atom stereocenters. The van der Waals surface area contributed by atoms with Crippen LogP contribution in [0.4, 0.5) is 4.39 Å². The van der Waals surface area contributed by atoms with Crippen LogP contribution in [0.1, 0.15) is 53.9 Å². The third-order valence-electron chi connectivity index (χ3n) is 8.86. The van der Waals surface area contributed by atoms with Gasteiger partial charge in [-0.25, -0.2) is 4.39 Å². The number of aliphatic hydroxyl groups excluding tert-OH is 1. The molecule has 34 heavy (non-hydrogen) atoms. The first kappa shape index (κ1) is 23.6. The molecule has 1 N–H and O–H groups in total. The Labute approximate surface area is 198 Å². The first-order valence-corrected chi connectivity index (χ1v) is 11.8. The molecule has 0 aromatic rings. The van der Waals surface area contributed by atoms with Crippen LogP contribution in [0, 0.1) is 16.7 Å². The molecule has 0 aromatic heterocycles. The minimum absolute atomic E-state index is 0.0851. The summed E-state index contributed by atoms with van der Waals surface area (Å²) < 4.78 is 34.7. The minimum Gasteiger partial charge on any atom is -0.458 e. The number of esters is 1. The molecule has 2 saturated carbocycles. The number of hydrogen-bond acceptors (Lipinski definition) is 7. The van der Waals surface area contributed by atoms with Gasteiger partial charge in [0.05, 0.1) is 6.10 Å². The van der Waals surface area contributed by atoms with Crippen LogP contribution in [-0.4, -0.2) is 58.5 Å². The zero-order chi connectivity index (χ0) is 24.9. The van der Waals surface area contributed by atoms with E-state index in [-0.39, 0.29) is 12.2 Å². The van der Waals surface area contributed by atoms with Crippen molar-refractivity contribution in [1.82, 2.24) is 0 Å². The number of alkyl halides is 1. The topological polar surface area (TPSA) is 99.1 Å². The van der Waals surface area contributed by atoms with Crippen LogP contribution in [0.2, 0.25) is 0 Å². The summed E-state index contributed by atoms with van der Waals surface area (Å²) in [5.41, 5.74) is -4.50. The number of halogens is 1. The Hall–Kier alpha value is -2.16. The Morgan fingerprint density at radius 3 is 2.65 bits per heavy atom. The van der Waals surface area contributed by atoms with Gasteiger partial charge in [0.2, 0.25) is 5.78 Å². The van der Waals surface area contributed by atoms with Gasteiger partial charge in [0.15, 0.2) is 29.4 Å². The monoisotopic (exact) mass is 474 g/mol. The number of aliphatic hydroxyl groups is 1. The van der Waals surface area contributed by atoms with Crippen molar-refractivity contribution < 1.29 is 38.1 Å². The second kappa shape index (κ2) is 6.95. The molecule has 5 aliphatic rings. The highest BCUT2D eigenvalue weighted by Gasteiger charge is 2.77. The van der Waals surface area contributed by atoms with E-state index in [0.717, 1.165) is 0 Å². The molecule has 0 spiro atoms. The van der Waals surface area contributed by atoms with Crippen molar-refractivity contribution in [2.45, 2.75) is 83.1 Å². The van der Waals surface area contributed by atoms with Crippen LogP contribution in [0.15, 0.2) is 35.5 Å². The highest BCUT2D eigenvalue weighted by atomic mass is 19.1. The number of Topliss-reactive ketones (excluding diaryl/α,β-unsaturated/α-hetero) is 1. The number of fused-ring (bicyclic) bond motifs is 7. The van der Waals surface area contributed by atoms with Crippen LogP contribution in [-0.2, 0) is 28.6 Å². The lowest BCUT2D eigenvalue weighted by atomic mass is 9.46. The fraction of sp³-hybridized carbons (Fsp3) is 0.654. The highest BCUT2D eigenvalue weighted by Crippen LogP contribution is 2.70. The van der Waals surface area contributed by atoms with Gasteiger partial charge in [-0.3, -0.25) is 14.4 Å². The van der Waals surface area contributed by atoms with E-state index in [1.807, 2.05) is 6.92 Å². The lowest BCUT2D eigenvalue weighted by Gasteiger charge is -2.61. The summed E-state index contributed by atoms with van der Waals surface area (Å²) in [5.74, 6) is -3.06. The van der Waals surface area contributed by atoms with Crippen LogP contribution in [0.5, 0.6) is 0 Å². The van der Waals surface area contributed by atoms with Gasteiger partial charge in [-0.15, -0.1) is 0 Å². The van der Waals surface area contributed by atoms with Gasteiger partial charge in [-0.2, -0.15) is 0 Å². The molecule has 1 unspecified atom stereocenters. The number of carbonyl (C=O) groups is 3. The van der Waals surface area contributed by atoms with Crippen molar-refractivity contribution in [2.75, 3.05) is 6.61 Å². The summed E-state index contributed by atoms with van der Waals surface area (Å²) >= 11 is 0. The molecule has 5 rings (SSSR count). The van der Waals surface area contributed by atoms with Crippen LogP contribution in [0.3, 0.4) is 0 Å². The number of ether oxygens (including phenoxy) is 3. The van der Waals surface area contributed by atoms with Crippen molar-refractivity contribution in [3.8, 4) is 0 Å². The molecule has 0 amide bonds. The normalized spacial score (nSPS) is 46.0. The molecular weight excluding hydrogens is 443 g/mol. The molecule has 1 heterocycles. The molecule has 3 fully saturated rings. The Morgan fingerprint density at radius 1 is 1.26 bits per heavy atom. The van der Waals surface area contributed by atoms with Crippen LogP contribution in [0.25, 0.3) is 0 Å². The predicted molar refractivity (Wildman–Crippen MR) is 118 cm³/mol. The van der Waals surface area contributed by atoms with Crippen molar-refractivity contribution in [3.63, 3.8) is 0 Å². The van der Waals surface area contributed by atoms with Crippen LogP contribution < -0.4 is 0 Å². The van der Waals surface area contributed by atoms with Gasteiger partial charge in [-0.05, 0) is 52.2 Å². The molecule has 4 aliphatic carbocycles. The van der Waals surface area contributed by atoms with Gasteiger partial charge in [-0.1, -0.05) is 30.2 Å². The summed E-state index contributed by atoms with van der Waals surface area (Å²) in [4.78, 5) is 37.1. The Balaban J connectivity index is 1.63. The molecule has 184 valence electrons. The third-order valence-corrected chi connectivity index (χ3v) is 8.86. The maximum Gasteiger partial charge on any atom is 0.303 e. The van der Waals surface area contributed by atoms with E-state index in [2.05, 4.69) is 0 Å². The second-order valence-electron chi connectivity index (χ2n) is 11.1. The summed E-state index contributed by atoms with van der Waals surface area (Å²) in [6, 6.07) is 0. The van der Waals surface area contributed by atoms with E-state index < -0.39 is 64.4 Å². The third kappa shape index (κ3) is 2.70. The van der Waals surface area contributed by atoms with Gasteiger partial charge in [0.25, 0.3) is 0 Å². The standard InChI is InChI=1S/C26H31FO7/c1-14(28)32-13-20(31)26-21(33-22(2,3)34-26)11-18-17-7-6-15-10-16(29)8-9-23(15,4)25(17,27)19(30)12-24(18,26)5/h8-11,17,19,21,30H,6-7,12-13H2,1-5H3/t17?,19-,21+,23-,24-,25-,26+/m0/s1. The quantitative estimate of drug-likeness (QED) is 0.496. The lowest BCUT2D eigenvalue weighted by Crippen LogP contribution is -2.68. The Kier molecular flexibility index (Phi) is 4.82. The predicted octanol–water partition coefficient (Wildman–Crippen LogP) is 2.91. The van der Waals surface area contributed by atoms with Gasteiger partial charge >= 0.3 is 5.97 Å². The van der Waals surface area contributed by atoms with E-state index in [1.54, 1.807) is 32.9 Å². The van der Waals surface area contributed by atoms with Crippen molar-refractivity contribution in [1.29, 1.82) is 0 Å². The lowest BCUT2D eigenvalue weighted by molar-refractivity contribution is -0.212. The number of allylic oxidation sites excluding steroid dienone is 4. The maximum atomic E-state index is 17.2. The molecule has 1 aliphatic heterocycles. The SMILES string of the molecule is CC(=O)OCC(=O)[C@@]12OC(C)(C)O[C@@H]1C=C1C3CCC4=CC(=O)C=C[C@]4(C)[C@@]3(F)[C@@H](O)C[C@@]12C. The molecular formula is C26H31FO7. The van der Waals surface area contributed by atoms with Crippen molar-refractivity contribution >= 4 is 17.5 Å². The zero-order valence-corrected chi connectivity index (χ0v) is 20.1. The fourth-order valence-electron chi connectivity index (χ4n) is 7.36. The Morgan fingerprint density at radius 2 is 1.97 bits per heavy atom. The maximum absolute atomic E-state index is 17.2. The fourth-order valence-corrected chi connectivity index (χ4v) is 7.36. The van der Waals surface area contributed by atoms with Gasteiger partial charge < -0.3 is 19.3 Å². The summed E-state index contributed by atoms with van der Waals surface area (Å²) in [5, 5.41) is 11.5. The summed E-state index contributed by atoms with van der Waals surface area (Å²) in [6.45, 7) is 7.66. The molecule has 0 aromatic carbocycles. The number of rotatable bonds is 3. The molecule has 0 bridgehead atoms. The molecule has 7 nitrogen and oxygen atoms in total. The van der Waals surface area contributed by atoms with Gasteiger partial charge in [0, 0.05) is 23.7 Å². The van der Waals surface area contributed by atoms with E-state index in [9.17, 15) is 19.5 Å². The zero-order valence-electron chi connectivity index (χ0n) is 20.1. The average molecular weight is 475 g/mol. The van der Waals surface area contributed by atoms with Crippen molar-refractivity contribution in [2.24, 2.45) is 16.7 Å². The van der Waals surface area contributed by atoms with Gasteiger partial charge in [0.1, 0.15) is 6.10 Å². The van der Waals surface area contributed by atoms with E-state index in [0.29, 0.717) is 24.0 Å². The summed E-state index contributed by atoms with van der Waals surface area (Å²) in [7, 11) is 0. The largest absolute Gasteiger partial charge is 0.458 e. The number of hydrogen-bond donors (Lipinski definition) is 1. The minimum atomic E-state index is -2.08. The second-order valence-corrected chi connectivity index (χ2v) is 11.1. The Bertz CT molecular complexity index is 1090. The molecule has 1 saturated heterocycles. The average Bonchev–Trinajstić information content (AvgIpc) is 3.14. The van der Waals surface area contributed by atoms with Crippen molar-refractivity contribution in [3.05, 3.63) is 35.5 Å². The molecule has 0 radical (unpaired) electrons. The van der Waals surface area contributed by atoms with E-state index >= 15 is 4.39 Å². The van der Waals surface area contributed by atoms with E-state index in [1.165, 1.54) is 19.1 Å². The highest BCUT2D eigenvalue weighted by molar-refractivity contribution is 6.01. The number of ketones is 2. The first-order chi connectivity index (χ1) is 15.7. The molecule has 8 heteroatoms. The first-order valence-electron chi connectivity index (χ1n) is 11.8. The smallest absolute Gasteiger partial charge is 0.303 e.